The number of hydrazine groups is 1. The van der Waals surface area contributed by atoms with Gasteiger partial charge in [-0.25, -0.2) is 5.84 Å². The molecule has 5 nitrogen and oxygen atoms in total. The molecular formula is C12H24N4O. The second-order valence-electron chi connectivity index (χ2n) is 5.31. The highest BCUT2D eigenvalue weighted by atomic mass is 16.2. The Hall–Kier alpha value is -0.650. The van der Waals surface area contributed by atoms with Crippen molar-refractivity contribution in [2.24, 2.45) is 5.84 Å². The lowest BCUT2D eigenvalue weighted by Gasteiger charge is -2.25. The number of carbonyl (C=O) groups excluding carboxylic acids is 1. The van der Waals surface area contributed by atoms with Crippen LogP contribution in [-0.4, -0.2) is 54.5 Å². The van der Waals surface area contributed by atoms with Crippen LogP contribution < -0.4 is 11.3 Å². The maximum atomic E-state index is 11.0. The molecule has 0 spiro atoms. The van der Waals surface area contributed by atoms with Crippen LogP contribution in [0.15, 0.2) is 0 Å². The molecule has 17 heavy (non-hydrogen) atoms. The Bertz CT molecular complexity index is 271. The van der Waals surface area contributed by atoms with Crippen molar-refractivity contribution < 1.29 is 4.79 Å². The monoisotopic (exact) mass is 240 g/mol. The second-order valence-corrected chi connectivity index (χ2v) is 5.31. The van der Waals surface area contributed by atoms with E-state index < -0.39 is 0 Å². The summed E-state index contributed by atoms with van der Waals surface area (Å²) in [5.41, 5.74) is 2.18. The topological polar surface area (TPSA) is 61.6 Å². The zero-order valence-electron chi connectivity index (χ0n) is 10.7. The van der Waals surface area contributed by atoms with Crippen LogP contribution in [0, 0.1) is 0 Å². The lowest BCUT2D eigenvalue weighted by molar-refractivity contribution is -0.121. The van der Waals surface area contributed by atoms with Gasteiger partial charge in [0.1, 0.15) is 0 Å². The van der Waals surface area contributed by atoms with Gasteiger partial charge in [-0.3, -0.25) is 15.1 Å². The third kappa shape index (κ3) is 3.18. The van der Waals surface area contributed by atoms with Crippen LogP contribution in [0.25, 0.3) is 0 Å². The number of likely N-dealkylation sites (N-methyl/N-ethyl adjacent to an activating group) is 1. The molecule has 0 aliphatic carbocycles. The van der Waals surface area contributed by atoms with Gasteiger partial charge in [-0.1, -0.05) is 0 Å². The number of rotatable bonds is 4. The van der Waals surface area contributed by atoms with Gasteiger partial charge in [-0.15, -0.1) is 0 Å². The molecule has 3 N–H and O–H groups in total. The molecule has 0 aromatic heterocycles. The summed E-state index contributed by atoms with van der Waals surface area (Å²) in [5.74, 6) is 5.01. The number of amides is 1. The van der Waals surface area contributed by atoms with E-state index in [1.807, 2.05) is 0 Å². The van der Waals surface area contributed by atoms with E-state index in [0.29, 0.717) is 6.42 Å². The van der Waals surface area contributed by atoms with Crippen LogP contribution in [0.1, 0.15) is 32.1 Å². The minimum absolute atomic E-state index is 0.0570. The summed E-state index contributed by atoms with van der Waals surface area (Å²) in [7, 11) is 2.26. The summed E-state index contributed by atoms with van der Waals surface area (Å²) in [5, 5.41) is 0. The third-order valence-electron chi connectivity index (χ3n) is 4.27. The number of nitrogens with two attached hydrogens (primary N) is 1. The van der Waals surface area contributed by atoms with Crippen molar-refractivity contribution in [1.29, 1.82) is 0 Å². The summed E-state index contributed by atoms with van der Waals surface area (Å²) < 4.78 is 0. The van der Waals surface area contributed by atoms with Gasteiger partial charge in [0, 0.05) is 25.0 Å². The fraction of sp³-hybridized carbons (Fsp3) is 0.917. The second kappa shape index (κ2) is 5.80. The number of hydrogen-bond donors (Lipinski definition) is 2. The first-order valence-electron chi connectivity index (χ1n) is 6.64. The van der Waals surface area contributed by atoms with E-state index in [1.165, 1.54) is 25.8 Å². The Balaban J connectivity index is 1.73. The van der Waals surface area contributed by atoms with Gasteiger partial charge in [-0.05, 0) is 45.8 Å². The van der Waals surface area contributed by atoms with E-state index in [1.54, 1.807) is 0 Å². The lowest BCUT2D eigenvalue weighted by atomic mass is 10.1. The van der Waals surface area contributed by atoms with Gasteiger partial charge in [0.25, 0.3) is 0 Å². The highest BCUT2D eigenvalue weighted by Gasteiger charge is 2.34. The summed E-state index contributed by atoms with van der Waals surface area (Å²) in [6, 6.07) is 1.52. The molecule has 2 saturated heterocycles. The van der Waals surface area contributed by atoms with E-state index in [-0.39, 0.29) is 5.91 Å². The van der Waals surface area contributed by atoms with Crippen LogP contribution in [0.4, 0.5) is 0 Å². The molecule has 2 heterocycles. The zero-order valence-corrected chi connectivity index (χ0v) is 10.7. The van der Waals surface area contributed by atoms with Gasteiger partial charge in [0.05, 0.1) is 0 Å². The molecule has 2 fully saturated rings. The van der Waals surface area contributed by atoms with Gasteiger partial charge in [0.15, 0.2) is 0 Å². The number of fused-ring (bicyclic) bond motifs is 2. The Morgan fingerprint density at radius 1 is 1.35 bits per heavy atom. The van der Waals surface area contributed by atoms with E-state index in [0.717, 1.165) is 31.6 Å². The standard InChI is InChI=1S/C12H24N4O/c1-15-10-4-5-11(15)9-16(8-6-10)7-2-3-12(17)14-13/h10-11H,2-9,13H2,1H3,(H,14,17). The Morgan fingerprint density at radius 2 is 2.12 bits per heavy atom. The molecule has 2 unspecified atom stereocenters. The summed E-state index contributed by atoms with van der Waals surface area (Å²) in [6.07, 6.45) is 5.42. The molecule has 2 aliphatic heterocycles. The number of nitrogens with zero attached hydrogens (tertiary/aromatic N) is 2. The molecule has 0 aromatic carbocycles. The van der Waals surface area contributed by atoms with Gasteiger partial charge in [0.2, 0.25) is 5.91 Å². The van der Waals surface area contributed by atoms with Crippen molar-refractivity contribution in [3.63, 3.8) is 0 Å². The van der Waals surface area contributed by atoms with Crippen LogP contribution in [0.2, 0.25) is 0 Å². The molecule has 5 heteroatoms. The average Bonchev–Trinajstić information content (AvgIpc) is 2.56. The van der Waals surface area contributed by atoms with E-state index >= 15 is 0 Å². The molecule has 1 amide bonds. The van der Waals surface area contributed by atoms with Crippen LogP contribution in [0.3, 0.4) is 0 Å². The largest absolute Gasteiger partial charge is 0.302 e. The van der Waals surface area contributed by atoms with Gasteiger partial charge in [-0.2, -0.15) is 0 Å². The van der Waals surface area contributed by atoms with Crippen molar-refractivity contribution >= 4 is 5.91 Å². The first-order chi connectivity index (χ1) is 8.20. The molecule has 98 valence electrons. The Morgan fingerprint density at radius 3 is 2.88 bits per heavy atom. The minimum Gasteiger partial charge on any atom is -0.302 e. The number of carbonyl (C=O) groups is 1. The highest BCUT2D eigenvalue weighted by molar-refractivity contribution is 5.75. The van der Waals surface area contributed by atoms with Crippen molar-refractivity contribution in [1.82, 2.24) is 15.2 Å². The number of hydrogen-bond acceptors (Lipinski definition) is 4. The Kier molecular flexibility index (Phi) is 4.36. The average molecular weight is 240 g/mol. The van der Waals surface area contributed by atoms with Crippen molar-refractivity contribution in [2.45, 2.75) is 44.2 Å². The summed E-state index contributed by atoms with van der Waals surface area (Å²) in [6.45, 7) is 3.36. The summed E-state index contributed by atoms with van der Waals surface area (Å²) in [4.78, 5) is 16.1. The van der Waals surface area contributed by atoms with E-state index in [2.05, 4.69) is 22.3 Å². The Labute approximate surface area is 103 Å². The van der Waals surface area contributed by atoms with E-state index in [9.17, 15) is 4.79 Å². The van der Waals surface area contributed by atoms with Crippen LogP contribution in [0.5, 0.6) is 0 Å². The third-order valence-corrected chi connectivity index (χ3v) is 4.27. The molecular weight excluding hydrogens is 216 g/mol. The quantitative estimate of drug-likeness (QED) is 0.410. The number of nitrogens with one attached hydrogen (secondary N) is 1. The maximum absolute atomic E-state index is 11.0. The fourth-order valence-corrected chi connectivity index (χ4v) is 3.12. The molecule has 2 aliphatic rings. The van der Waals surface area contributed by atoms with Crippen molar-refractivity contribution in [2.75, 3.05) is 26.7 Å². The highest BCUT2D eigenvalue weighted by Crippen LogP contribution is 2.28. The van der Waals surface area contributed by atoms with Crippen LogP contribution >= 0.6 is 0 Å². The molecule has 0 radical (unpaired) electrons. The van der Waals surface area contributed by atoms with Crippen molar-refractivity contribution in [3.8, 4) is 0 Å². The number of likely N-dealkylation sites (tertiary alicyclic amines) is 1. The predicted octanol–water partition coefficient (Wildman–Crippen LogP) is -0.0750. The van der Waals surface area contributed by atoms with Gasteiger partial charge < -0.3 is 4.90 Å². The normalized spacial score (nSPS) is 30.2. The SMILES string of the molecule is CN1C2CCC1CN(CCCC(=O)NN)CC2. The maximum Gasteiger partial charge on any atom is 0.233 e. The fourth-order valence-electron chi connectivity index (χ4n) is 3.12. The van der Waals surface area contributed by atoms with Crippen molar-refractivity contribution in [3.05, 3.63) is 0 Å². The minimum atomic E-state index is -0.0570. The first-order valence-corrected chi connectivity index (χ1v) is 6.64. The van der Waals surface area contributed by atoms with Gasteiger partial charge >= 0.3 is 0 Å². The smallest absolute Gasteiger partial charge is 0.233 e. The van der Waals surface area contributed by atoms with E-state index in [4.69, 9.17) is 5.84 Å². The molecule has 2 rings (SSSR count). The van der Waals surface area contributed by atoms with Crippen LogP contribution in [-0.2, 0) is 4.79 Å². The summed E-state index contributed by atoms with van der Waals surface area (Å²) >= 11 is 0. The molecule has 0 saturated carbocycles. The lowest BCUT2D eigenvalue weighted by Crippen LogP contribution is -2.37. The molecule has 2 atom stereocenters. The first kappa shape index (κ1) is 12.8. The zero-order chi connectivity index (χ0) is 12.3. The predicted molar refractivity (Wildman–Crippen MR) is 67.2 cm³/mol. The molecule has 0 aromatic rings. The molecule has 2 bridgehead atoms.